The van der Waals surface area contributed by atoms with Crippen molar-refractivity contribution in [1.29, 1.82) is 0 Å². The van der Waals surface area contributed by atoms with Crippen LogP contribution in [-0.4, -0.2) is 29.3 Å². The van der Waals surface area contributed by atoms with Gasteiger partial charge >= 0.3 is 5.97 Å². The Kier molecular flexibility index (Phi) is 2.15. The predicted molar refractivity (Wildman–Crippen MR) is 53.4 cm³/mol. The van der Waals surface area contributed by atoms with Gasteiger partial charge in [-0.15, -0.1) is 0 Å². The van der Waals surface area contributed by atoms with Crippen molar-refractivity contribution < 1.29 is 19.7 Å². The van der Waals surface area contributed by atoms with Crippen molar-refractivity contribution in [1.82, 2.24) is 0 Å². The molecule has 0 saturated carbocycles. The molecule has 1 aliphatic heterocycles. The van der Waals surface area contributed by atoms with Crippen molar-refractivity contribution in [3.63, 3.8) is 0 Å². The van der Waals surface area contributed by atoms with Crippen molar-refractivity contribution in [2.75, 3.05) is 12.4 Å². The molecule has 0 aromatic heterocycles. The maximum absolute atomic E-state index is 10.8. The number of ether oxygens (including phenoxy) is 1. The van der Waals surface area contributed by atoms with Crippen molar-refractivity contribution in [2.45, 2.75) is 12.5 Å². The zero-order valence-corrected chi connectivity index (χ0v) is 8.15. The van der Waals surface area contributed by atoms with Gasteiger partial charge in [0.05, 0.1) is 7.11 Å². The summed E-state index contributed by atoms with van der Waals surface area (Å²) >= 11 is 0. The number of aromatic hydroxyl groups is 1. The van der Waals surface area contributed by atoms with Gasteiger partial charge in [-0.1, -0.05) is 0 Å². The lowest BCUT2D eigenvalue weighted by atomic mass is 10.1. The van der Waals surface area contributed by atoms with Crippen LogP contribution in [0.25, 0.3) is 0 Å². The standard InChI is InChI=1S/C10H11NO4/c1-15-9-4-6-5(3-8(9)12)2-7(11-6)10(13)14/h3-4,7,11-12H,2H2,1H3,(H,13,14). The van der Waals surface area contributed by atoms with Gasteiger partial charge in [-0.3, -0.25) is 0 Å². The highest BCUT2D eigenvalue weighted by atomic mass is 16.5. The average Bonchev–Trinajstić information content (AvgIpc) is 2.59. The molecule has 0 radical (unpaired) electrons. The van der Waals surface area contributed by atoms with E-state index >= 15 is 0 Å². The fraction of sp³-hybridized carbons (Fsp3) is 0.300. The molecule has 15 heavy (non-hydrogen) atoms. The van der Waals surface area contributed by atoms with E-state index < -0.39 is 12.0 Å². The van der Waals surface area contributed by atoms with Gasteiger partial charge in [-0.25, -0.2) is 4.79 Å². The van der Waals surface area contributed by atoms with Gasteiger partial charge in [0.25, 0.3) is 0 Å². The summed E-state index contributed by atoms with van der Waals surface area (Å²) in [4.78, 5) is 10.8. The summed E-state index contributed by atoms with van der Waals surface area (Å²) in [6.45, 7) is 0. The fourth-order valence-corrected chi connectivity index (χ4v) is 1.69. The van der Waals surface area contributed by atoms with Crippen molar-refractivity contribution in [3.05, 3.63) is 17.7 Å². The first-order chi connectivity index (χ1) is 7.11. The zero-order valence-electron chi connectivity index (χ0n) is 8.15. The molecular formula is C10H11NO4. The summed E-state index contributed by atoms with van der Waals surface area (Å²) < 4.78 is 4.93. The molecule has 0 bridgehead atoms. The monoisotopic (exact) mass is 209 g/mol. The van der Waals surface area contributed by atoms with Gasteiger partial charge in [0.15, 0.2) is 11.5 Å². The lowest BCUT2D eigenvalue weighted by molar-refractivity contribution is -0.137. The molecular weight excluding hydrogens is 198 g/mol. The molecule has 1 atom stereocenters. The molecule has 0 aliphatic carbocycles. The Bertz CT molecular complexity index is 416. The Balaban J connectivity index is 2.35. The summed E-state index contributed by atoms with van der Waals surface area (Å²) in [5.41, 5.74) is 1.50. The Morgan fingerprint density at radius 3 is 2.93 bits per heavy atom. The normalized spacial score (nSPS) is 18.1. The Morgan fingerprint density at radius 1 is 1.60 bits per heavy atom. The van der Waals surface area contributed by atoms with E-state index in [1.54, 1.807) is 6.07 Å². The fourth-order valence-electron chi connectivity index (χ4n) is 1.69. The number of carboxylic acids is 1. The molecule has 1 aromatic carbocycles. The molecule has 5 heteroatoms. The van der Waals surface area contributed by atoms with Crippen LogP contribution in [0, 0.1) is 0 Å². The average molecular weight is 209 g/mol. The Hall–Kier alpha value is -1.91. The van der Waals surface area contributed by atoms with Gasteiger partial charge in [0.1, 0.15) is 6.04 Å². The molecule has 0 spiro atoms. The molecule has 0 fully saturated rings. The number of carboxylic acid groups (broad SMARTS) is 1. The summed E-state index contributed by atoms with van der Waals surface area (Å²) in [6, 6.07) is 2.52. The number of methoxy groups -OCH3 is 1. The second kappa shape index (κ2) is 3.34. The minimum atomic E-state index is -0.898. The van der Waals surface area contributed by atoms with E-state index in [-0.39, 0.29) is 5.75 Å². The number of nitrogens with one attached hydrogen (secondary N) is 1. The highest BCUT2D eigenvalue weighted by molar-refractivity contribution is 5.82. The van der Waals surface area contributed by atoms with E-state index in [0.29, 0.717) is 17.9 Å². The summed E-state index contributed by atoms with van der Waals surface area (Å²) in [5, 5.41) is 21.2. The SMILES string of the molecule is COc1cc2c(cc1O)CC(C(=O)O)N2. The van der Waals surface area contributed by atoms with Crippen LogP contribution < -0.4 is 10.1 Å². The Labute approximate surface area is 86.3 Å². The zero-order chi connectivity index (χ0) is 11.0. The van der Waals surface area contributed by atoms with Crippen molar-refractivity contribution >= 4 is 11.7 Å². The van der Waals surface area contributed by atoms with Gasteiger partial charge in [-0.05, 0) is 11.6 Å². The maximum Gasteiger partial charge on any atom is 0.326 e. The molecule has 1 unspecified atom stereocenters. The van der Waals surface area contributed by atoms with Crippen LogP contribution in [0.2, 0.25) is 0 Å². The second-order valence-electron chi connectivity index (χ2n) is 3.42. The highest BCUT2D eigenvalue weighted by Crippen LogP contribution is 2.36. The van der Waals surface area contributed by atoms with Crippen LogP contribution in [0.3, 0.4) is 0 Å². The van der Waals surface area contributed by atoms with Crippen LogP contribution in [0.1, 0.15) is 5.56 Å². The number of rotatable bonds is 2. The van der Waals surface area contributed by atoms with Gasteiger partial charge in [0.2, 0.25) is 0 Å². The molecule has 2 rings (SSSR count). The van der Waals surface area contributed by atoms with Gasteiger partial charge in [0, 0.05) is 18.2 Å². The largest absolute Gasteiger partial charge is 0.504 e. The number of hydrogen-bond donors (Lipinski definition) is 3. The summed E-state index contributed by atoms with van der Waals surface area (Å²) in [7, 11) is 1.45. The highest BCUT2D eigenvalue weighted by Gasteiger charge is 2.27. The van der Waals surface area contributed by atoms with E-state index in [1.807, 2.05) is 0 Å². The van der Waals surface area contributed by atoms with E-state index in [9.17, 15) is 9.90 Å². The van der Waals surface area contributed by atoms with Crippen LogP contribution in [-0.2, 0) is 11.2 Å². The van der Waals surface area contributed by atoms with Gasteiger partial charge < -0.3 is 20.3 Å². The molecule has 80 valence electrons. The van der Waals surface area contributed by atoms with Crippen molar-refractivity contribution in [2.24, 2.45) is 0 Å². The molecule has 5 nitrogen and oxygen atoms in total. The van der Waals surface area contributed by atoms with Crippen molar-refractivity contribution in [3.8, 4) is 11.5 Å². The first-order valence-electron chi connectivity index (χ1n) is 4.51. The van der Waals surface area contributed by atoms with E-state index in [0.717, 1.165) is 5.56 Å². The Morgan fingerprint density at radius 2 is 2.33 bits per heavy atom. The molecule has 0 amide bonds. The number of aliphatic carboxylic acids is 1. The minimum absolute atomic E-state index is 0.0316. The van der Waals surface area contributed by atoms with Crippen LogP contribution in [0.5, 0.6) is 11.5 Å². The molecule has 3 N–H and O–H groups in total. The second-order valence-corrected chi connectivity index (χ2v) is 3.42. The number of phenolic OH excluding ortho intramolecular Hbond substituents is 1. The predicted octanol–water partition coefficient (Wildman–Crippen LogP) is 0.822. The van der Waals surface area contributed by atoms with Gasteiger partial charge in [-0.2, -0.15) is 0 Å². The van der Waals surface area contributed by atoms with Crippen LogP contribution in [0.15, 0.2) is 12.1 Å². The molecule has 1 aliphatic rings. The number of benzene rings is 1. The minimum Gasteiger partial charge on any atom is -0.504 e. The van der Waals surface area contributed by atoms with Crippen LogP contribution >= 0.6 is 0 Å². The van der Waals surface area contributed by atoms with Crippen LogP contribution in [0.4, 0.5) is 5.69 Å². The quantitative estimate of drug-likeness (QED) is 0.628. The van der Waals surface area contributed by atoms with E-state index in [2.05, 4.69) is 5.32 Å². The first kappa shape index (κ1) is 9.64. The number of phenols is 1. The lowest BCUT2D eigenvalue weighted by Gasteiger charge is -2.06. The third-order valence-corrected chi connectivity index (χ3v) is 2.46. The molecule has 1 aromatic rings. The maximum atomic E-state index is 10.8. The molecule has 1 heterocycles. The number of fused-ring (bicyclic) bond motifs is 1. The number of carbonyl (C=O) groups is 1. The smallest absolute Gasteiger partial charge is 0.326 e. The molecule has 0 saturated heterocycles. The number of hydrogen-bond acceptors (Lipinski definition) is 4. The van der Waals surface area contributed by atoms with E-state index in [1.165, 1.54) is 13.2 Å². The summed E-state index contributed by atoms with van der Waals surface area (Å²) in [5.74, 6) is -0.527. The number of anilines is 1. The first-order valence-corrected chi connectivity index (χ1v) is 4.51. The lowest BCUT2D eigenvalue weighted by Crippen LogP contribution is -2.26. The third kappa shape index (κ3) is 1.56. The summed E-state index contributed by atoms with van der Waals surface area (Å²) in [6.07, 6.45) is 0.377. The topological polar surface area (TPSA) is 78.8 Å². The third-order valence-electron chi connectivity index (χ3n) is 2.46. The van der Waals surface area contributed by atoms with E-state index in [4.69, 9.17) is 9.84 Å².